The van der Waals surface area contributed by atoms with Gasteiger partial charge in [0.2, 0.25) is 0 Å². The molecular weight excluding hydrogens is 530 g/mol. The highest BCUT2D eigenvalue weighted by Gasteiger charge is 2.45. The average Bonchev–Trinajstić information content (AvgIpc) is 2.89. The molecule has 0 bridgehead atoms. The first kappa shape index (κ1) is 34.1. The lowest BCUT2D eigenvalue weighted by atomic mass is 9.90. The van der Waals surface area contributed by atoms with E-state index in [0.717, 1.165) is 19.3 Å². The van der Waals surface area contributed by atoms with E-state index in [1.54, 1.807) is 47.6 Å². The summed E-state index contributed by atoms with van der Waals surface area (Å²) in [6.07, 6.45) is 3.62. The largest absolute Gasteiger partial charge is 0.510 e. The van der Waals surface area contributed by atoms with E-state index in [2.05, 4.69) is 5.32 Å². The van der Waals surface area contributed by atoms with E-state index in [0.29, 0.717) is 31.2 Å². The first-order valence-corrected chi connectivity index (χ1v) is 14.5. The minimum absolute atomic E-state index is 0.0240. The number of hydrogen-bond acceptors (Lipinski definition) is 9. The number of carboxylic acid groups (broad SMARTS) is 1. The van der Waals surface area contributed by atoms with Crippen molar-refractivity contribution in [2.45, 2.75) is 125 Å². The molecule has 1 aromatic carbocycles. The zero-order chi connectivity index (χ0) is 31.0. The van der Waals surface area contributed by atoms with Gasteiger partial charge in [0.05, 0.1) is 10.8 Å². The minimum atomic E-state index is -2.17. The zero-order valence-corrected chi connectivity index (χ0v) is 25.8. The summed E-state index contributed by atoms with van der Waals surface area (Å²) in [5, 5.41) is 13.1. The molecule has 10 nitrogen and oxygen atoms in total. The summed E-state index contributed by atoms with van der Waals surface area (Å²) >= 11 is 0. The van der Waals surface area contributed by atoms with Crippen LogP contribution >= 0.6 is 0 Å². The highest BCUT2D eigenvalue weighted by atomic mass is 16.7. The molecule has 1 atom stereocenters. The van der Waals surface area contributed by atoms with Gasteiger partial charge in [-0.2, -0.15) is 0 Å². The molecule has 41 heavy (non-hydrogen) atoms. The highest BCUT2D eigenvalue weighted by Crippen LogP contribution is 2.35. The number of aliphatic carboxylic acids is 1. The molecule has 0 saturated heterocycles. The van der Waals surface area contributed by atoms with Gasteiger partial charge in [-0.15, -0.1) is 0 Å². The number of benzene rings is 1. The number of nitrogens with one attached hydrogen (secondary N) is 1. The van der Waals surface area contributed by atoms with Crippen LogP contribution in [0.2, 0.25) is 0 Å². The van der Waals surface area contributed by atoms with Gasteiger partial charge in [-0.05, 0) is 97.8 Å². The van der Waals surface area contributed by atoms with Gasteiger partial charge in [0.15, 0.2) is 11.5 Å². The number of carbonyl (C=O) groups is 4. The van der Waals surface area contributed by atoms with Crippen molar-refractivity contribution in [2.24, 2.45) is 10.8 Å². The molecule has 1 aliphatic rings. The Morgan fingerprint density at radius 1 is 0.902 bits per heavy atom. The molecule has 0 unspecified atom stereocenters. The lowest BCUT2D eigenvalue weighted by molar-refractivity contribution is -0.168. The standard InChI is InChI=1S/C31H47NO9/c1-9-29(5,6)26(35)39-23-17-16-21(18-24(23)40-27(36)30(7,8)10-2)19-31(25(33)34,32-20(3)4)41-28(37)38-22-14-12-11-13-15-22/h16-18,20,22,32H,9-15,19H2,1-8H3,(H,33,34)/t31-/m0/s1. The molecule has 0 heterocycles. The summed E-state index contributed by atoms with van der Waals surface area (Å²) in [4.78, 5) is 51.2. The zero-order valence-electron chi connectivity index (χ0n) is 25.8. The average molecular weight is 578 g/mol. The van der Waals surface area contributed by atoms with Crippen molar-refractivity contribution in [2.75, 3.05) is 0 Å². The van der Waals surface area contributed by atoms with Crippen molar-refractivity contribution in [3.05, 3.63) is 23.8 Å². The van der Waals surface area contributed by atoms with Crippen LogP contribution in [0.1, 0.15) is 106 Å². The van der Waals surface area contributed by atoms with E-state index in [1.165, 1.54) is 12.1 Å². The lowest BCUT2D eigenvalue weighted by Gasteiger charge is -2.33. The predicted octanol–water partition coefficient (Wildman–Crippen LogP) is 6.18. The van der Waals surface area contributed by atoms with Gasteiger partial charge in [-0.25, -0.2) is 9.59 Å². The number of carbonyl (C=O) groups excluding carboxylic acids is 3. The van der Waals surface area contributed by atoms with Crippen LogP contribution in [-0.2, 0) is 30.3 Å². The number of esters is 2. The summed E-state index contributed by atoms with van der Waals surface area (Å²) in [7, 11) is 0. The van der Waals surface area contributed by atoms with Crippen LogP contribution in [0.25, 0.3) is 0 Å². The Bertz CT molecular complexity index is 1090. The molecule has 1 aliphatic carbocycles. The molecule has 0 radical (unpaired) electrons. The van der Waals surface area contributed by atoms with Gasteiger partial charge in [-0.3, -0.25) is 14.9 Å². The van der Waals surface area contributed by atoms with E-state index in [4.69, 9.17) is 18.9 Å². The van der Waals surface area contributed by atoms with Crippen LogP contribution in [0.15, 0.2) is 18.2 Å². The van der Waals surface area contributed by atoms with Gasteiger partial charge >= 0.3 is 24.1 Å². The summed E-state index contributed by atoms with van der Waals surface area (Å²) in [5.41, 5.74) is -3.42. The van der Waals surface area contributed by atoms with E-state index < -0.39 is 40.6 Å². The fourth-order valence-corrected chi connectivity index (χ4v) is 4.13. The molecule has 0 spiro atoms. The summed E-state index contributed by atoms with van der Waals surface area (Å²) in [6.45, 7) is 14.1. The molecule has 0 aliphatic heterocycles. The number of rotatable bonds is 13. The SMILES string of the molecule is CCC(C)(C)C(=O)Oc1ccc(C[C@](NC(C)C)(OC(=O)OC2CCCCC2)C(=O)O)cc1OC(=O)C(C)(C)CC. The van der Waals surface area contributed by atoms with Crippen molar-refractivity contribution in [1.29, 1.82) is 0 Å². The van der Waals surface area contributed by atoms with Gasteiger partial charge in [0, 0.05) is 12.5 Å². The smallest absolute Gasteiger partial charge is 0.477 e. The van der Waals surface area contributed by atoms with E-state index in [9.17, 15) is 24.3 Å². The van der Waals surface area contributed by atoms with Crippen LogP contribution in [0.5, 0.6) is 11.5 Å². The first-order valence-electron chi connectivity index (χ1n) is 14.5. The van der Waals surface area contributed by atoms with Gasteiger partial charge < -0.3 is 24.1 Å². The Morgan fingerprint density at radius 3 is 1.93 bits per heavy atom. The fraction of sp³-hybridized carbons (Fsp3) is 0.677. The van der Waals surface area contributed by atoms with Crippen LogP contribution < -0.4 is 14.8 Å². The van der Waals surface area contributed by atoms with Crippen molar-refractivity contribution >= 4 is 24.1 Å². The summed E-state index contributed by atoms with van der Waals surface area (Å²) in [6, 6.07) is 4.04. The van der Waals surface area contributed by atoms with E-state index in [1.807, 2.05) is 13.8 Å². The second-order valence-electron chi connectivity index (χ2n) is 12.4. The number of carboxylic acids is 1. The fourth-order valence-electron chi connectivity index (χ4n) is 4.13. The molecule has 0 aromatic heterocycles. The second kappa shape index (κ2) is 14.2. The Labute approximate surface area is 243 Å². The molecule has 1 fully saturated rings. The molecule has 1 saturated carbocycles. The van der Waals surface area contributed by atoms with Gasteiger partial charge in [0.1, 0.15) is 6.10 Å². The molecular formula is C31H47NO9. The molecule has 1 aromatic rings. The third kappa shape index (κ3) is 9.45. The molecule has 2 rings (SSSR count). The first-order chi connectivity index (χ1) is 19.0. The summed E-state index contributed by atoms with van der Waals surface area (Å²) in [5.74, 6) is -2.48. The monoisotopic (exact) mass is 577 g/mol. The molecule has 230 valence electrons. The molecule has 0 amide bonds. The molecule has 10 heteroatoms. The van der Waals surface area contributed by atoms with Crippen LogP contribution in [0.3, 0.4) is 0 Å². The molecule has 2 N–H and O–H groups in total. The highest BCUT2D eigenvalue weighted by molar-refractivity contribution is 5.82. The maximum absolute atomic E-state index is 13.0. The van der Waals surface area contributed by atoms with Crippen molar-refractivity contribution < 1.29 is 43.2 Å². The Kier molecular flexibility index (Phi) is 11.8. The van der Waals surface area contributed by atoms with Crippen LogP contribution in [-0.4, -0.2) is 47.0 Å². The topological polar surface area (TPSA) is 137 Å². The van der Waals surface area contributed by atoms with Crippen LogP contribution in [0, 0.1) is 10.8 Å². The third-order valence-corrected chi connectivity index (χ3v) is 7.68. The maximum Gasteiger partial charge on any atom is 0.510 e. The second-order valence-corrected chi connectivity index (χ2v) is 12.4. The van der Waals surface area contributed by atoms with Crippen molar-refractivity contribution in [1.82, 2.24) is 5.32 Å². The van der Waals surface area contributed by atoms with E-state index in [-0.39, 0.29) is 30.1 Å². The third-order valence-electron chi connectivity index (χ3n) is 7.68. The van der Waals surface area contributed by atoms with Gasteiger partial charge in [0.25, 0.3) is 5.72 Å². The van der Waals surface area contributed by atoms with E-state index >= 15 is 0 Å². The van der Waals surface area contributed by atoms with Crippen molar-refractivity contribution in [3.63, 3.8) is 0 Å². The number of ether oxygens (including phenoxy) is 4. The lowest BCUT2D eigenvalue weighted by Crippen LogP contribution is -2.59. The summed E-state index contributed by atoms with van der Waals surface area (Å²) < 4.78 is 22.3. The normalized spacial score (nSPS) is 16.0. The van der Waals surface area contributed by atoms with Crippen molar-refractivity contribution in [3.8, 4) is 11.5 Å². The number of hydrogen-bond donors (Lipinski definition) is 2. The Hall–Kier alpha value is -3.14. The van der Waals surface area contributed by atoms with Crippen LogP contribution in [0.4, 0.5) is 4.79 Å². The Morgan fingerprint density at radius 2 is 1.44 bits per heavy atom. The van der Waals surface area contributed by atoms with Gasteiger partial charge in [-0.1, -0.05) is 26.3 Å². The Balaban J connectivity index is 2.46. The predicted molar refractivity (Wildman–Crippen MR) is 153 cm³/mol. The minimum Gasteiger partial charge on any atom is -0.477 e. The quantitative estimate of drug-likeness (QED) is 0.159. The maximum atomic E-state index is 13.0.